The minimum absolute atomic E-state index is 0.0793. The van der Waals surface area contributed by atoms with E-state index < -0.39 is 24.2 Å². The number of carbonyl (C=O) groups excluding carboxylic acids is 1. The molecule has 1 saturated carbocycles. The zero-order chi connectivity index (χ0) is 18.4. The minimum atomic E-state index is -4.70. The Hall–Kier alpha value is -2.31. The smallest absolute Gasteiger partial charge is 0.429 e. The molecule has 1 aliphatic carbocycles. The summed E-state index contributed by atoms with van der Waals surface area (Å²) in [5, 5.41) is 4.22. The minimum Gasteiger partial charge on any atom is -0.447 e. The molecule has 0 unspecified atom stereocenters. The molecule has 4 nitrogen and oxygen atoms in total. The highest BCUT2D eigenvalue weighted by Gasteiger charge is 2.50. The molecule has 1 aliphatic rings. The van der Waals surface area contributed by atoms with Gasteiger partial charge in [0, 0.05) is 11.3 Å². The average Bonchev–Trinajstić information content (AvgIpc) is 3.21. The molecular formula is C18H19F3N2O2. The molecule has 7 heteroatoms. The van der Waals surface area contributed by atoms with Gasteiger partial charge in [0.15, 0.2) is 0 Å². The molecule has 0 N–H and O–H groups in total. The summed E-state index contributed by atoms with van der Waals surface area (Å²) in [5.41, 5.74) is 1.05. The number of hydrogen-bond acceptors (Lipinski definition) is 3. The van der Waals surface area contributed by atoms with Crippen molar-refractivity contribution in [3.63, 3.8) is 0 Å². The van der Waals surface area contributed by atoms with E-state index in [1.54, 1.807) is 31.2 Å². The van der Waals surface area contributed by atoms with Crippen LogP contribution in [0.4, 0.5) is 13.2 Å². The number of carbonyl (C=O) groups is 1. The number of benzene rings is 1. The molecule has 1 heterocycles. The predicted molar refractivity (Wildman–Crippen MR) is 85.2 cm³/mol. The first-order valence-electron chi connectivity index (χ1n) is 8.09. The Bertz CT molecular complexity index is 784. The molecule has 0 radical (unpaired) electrons. The van der Waals surface area contributed by atoms with Gasteiger partial charge in [-0.1, -0.05) is 25.1 Å². The Morgan fingerprint density at radius 2 is 1.88 bits per heavy atom. The van der Waals surface area contributed by atoms with Gasteiger partial charge in [0.25, 0.3) is 0 Å². The van der Waals surface area contributed by atoms with Crippen LogP contribution in [0.15, 0.2) is 30.3 Å². The van der Waals surface area contributed by atoms with Gasteiger partial charge in [-0.2, -0.15) is 18.3 Å². The maximum absolute atomic E-state index is 13.6. The van der Waals surface area contributed by atoms with Gasteiger partial charge in [0.05, 0.1) is 17.3 Å². The van der Waals surface area contributed by atoms with Crippen LogP contribution in [0, 0.1) is 25.7 Å². The van der Waals surface area contributed by atoms with Gasteiger partial charge in [0.2, 0.25) is 6.10 Å². The highest BCUT2D eigenvalue weighted by Crippen LogP contribution is 2.44. The molecule has 3 rings (SSSR count). The van der Waals surface area contributed by atoms with Gasteiger partial charge in [-0.15, -0.1) is 0 Å². The van der Waals surface area contributed by atoms with Crippen molar-refractivity contribution in [3.8, 4) is 5.69 Å². The van der Waals surface area contributed by atoms with Crippen LogP contribution < -0.4 is 0 Å². The number of hydrogen-bond donors (Lipinski definition) is 0. The first-order chi connectivity index (χ1) is 11.7. The summed E-state index contributed by atoms with van der Waals surface area (Å²) < 4.78 is 47.1. The molecular weight excluding hydrogens is 333 g/mol. The summed E-state index contributed by atoms with van der Waals surface area (Å²) >= 11 is 0. The fourth-order valence-corrected chi connectivity index (χ4v) is 3.00. The van der Waals surface area contributed by atoms with E-state index in [2.05, 4.69) is 5.10 Å². The summed E-state index contributed by atoms with van der Waals surface area (Å²) in [7, 11) is 0. The van der Waals surface area contributed by atoms with Crippen LogP contribution in [-0.2, 0) is 9.53 Å². The topological polar surface area (TPSA) is 44.1 Å². The van der Waals surface area contributed by atoms with E-state index in [1.807, 2.05) is 13.0 Å². The van der Waals surface area contributed by atoms with Crippen LogP contribution in [0.5, 0.6) is 0 Å². The molecule has 0 aliphatic heterocycles. The SMILES string of the molecule is Cc1nn(-c2ccccc2)c(C)c1[C@H](OC(=O)[C@@H]1C[C@@H]1C)C(F)(F)F. The van der Waals surface area contributed by atoms with Crippen molar-refractivity contribution in [1.82, 2.24) is 9.78 Å². The normalized spacial score (nSPS) is 21.0. The molecule has 0 saturated heterocycles. The van der Waals surface area contributed by atoms with E-state index in [-0.39, 0.29) is 17.2 Å². The van der Waals surface area contributed by atoms with Crippen molar-refractivity contribution in [1.29, 1.82) is 0 Å². The van der Waals surface area contributed by atoms with Gasteiger partial charge in [-0.05, 0) is 38.3 Å². The number of ether oxygens (including phenoxy) is 1. The fourth-order valence-electron chi connectivity index (χ4n) is 3.00. The van der Waals surface area contributed by atoms with Crippen LogP contribution in [0.25, 0.3) is 5.69 Å². The maximum atomic E-state index is 13.6. The van der Waals surface area contributed by atoms with E-state index in [0.717, 1.165) is 0 Å². The summed E-state index contributed by atoms with van der Waals surface area (Å²) in [5.74, 6) is -1.15. The number of para-hydroxylation sites is 1. The maximum Gasteiger partial charge on any atom is 0.429 e. The molecule has 0 bridgehead atoms. The molecule has 1 fully saturated rings. The summed E-state index contributed by atoms with van der Waals surface area (Å²) in [4.78, 5) is 12.0. The van der Waals surface area contributed by atoms with Gasteiger partial charge < -0.3 is 4.74 Å². The molecule has 1 aromatic heterocycles. The molecule has 3 atom stereocenters. The standard InChI is InChI=1S/C18H19F3N2O2/c1-10-9-14(10)17(24)25-16(18(19,20)21)15-11(2)22-23(12(15)3)13-7-5-4-6-8-13/h4-8,10,14,16H,9H2,1-3H3/t10-,14+,16-/m0/s1. The van der Waals surface area contributed by atoms with Gasteiger partial charge in [-0.25, -0.2) is 4.68 Å². The van der Waals surface area contributed by atoms with Gasteiger partial charge in [-0.3, -0.25) is 4.79 Å². The van der Waals surface area contributed by atoms with E-state index in [9.17, 15) is 18.0 Å². The zero-order valence-corrected chi connectivity index (χ0v) is 14.2. The number of nitrogens with zero attached hydrogens (tertiary/aromatic N) is 2. The lowest BCUT2D eigenvalue weighted by Gasteiger charge is -2.21. The second-order valence-electron chi connectivity index (χ2n) is 6.51. The van der Waals surface area contributed by atoms with Crippen LogP contribution in [0.2, 0.25) is 0 Å². The third-order valence-electron chi connectivity index (χ3n) is 4.55. The Morgan fingerprint density at radius 3 is 2.40 bits per heavy atom. The van der Waals surface area contributed by atoms with Crippen molar-refractivity contribution in [2.45, 2.75) is 39.5 Å². The molecule has 2 aromatic rings. The first-order valence-corrected chi connectivity index (χ1v) is 8.09. The first kappa shape index (κ1) is 17.5. The quantitative estimate of drug-likeness (QED) is 0.771. The van der Waals surface area contributed by atoms with E-state index in [4.69, 9.17) is 4.74 Å². The van der Waals surface area contributed by atoms with E-state index in [0.29, 0.717) is 17.8 Å². The third kappa shape index (κ3) is 3.41. The Morgan fingerprint density at radius 1 is 1.28 bits per heavy atom. The van der Waals surface area contributed by atoms with Crippen molar-refractivity contribution in [2.24, 2.45) is 11.8 Å². The summed E-state index contributed by atoms with van der Waals surface area (Å²) in [6.07, 6.45) is -6.43. The van der Waals surface area contributed by atoms with Crippen molar-refractivity contribution >= 4 is 5.97 Å². The summed E-state index contributed by atoms with van der Waals surface area (Å²) in [6, 6.07) is 8.88. The van der Waals surface area contributed by atoms with Crippen molar-refractivity contribution < 1.29 is 22.7 Å². The average molecular weight is 352 g/mol. The van der Waals surface area contributed by atoms with Crippen molar-refractivity contribution in [2.75, 3.05) is 0 Å². The second-order valence-corrected chi connectivity index (χ2v) is 6.51. The highest BCUT2D eigenvalue weighted by molar-refractivity contribution is 5.76. The predicted octanol–water partition coefficient (Wildman–Crippen LogP) is 4.29. The summed E-state index contributed by atoms with van der Waals surface area (Å²) in [6.45, 7) is 4.86. The van der Waals surface area contributed by atoms with Crippen LogP contribution in [0.1, 0.15) is 36.4 Å². The van der Waals surface area contributed by atoms with Gasteiger partial charge >= 0.3 is 12.1 Å². The number of rotatable bonds is 4. The fraction of sp³-hybridized carbons (Fsp3) is 0.444. The number of aryl methyl sites for hydroxylation is 1. The number of esters is 1. The second kappa shape index (κ2) is 6.20. The lowest BCUT2D eigenvalue weighted by Crippen LogP contribution is -2.28. The van der Waals surface area contributed by atoms with Crippen LogP contribution >= 0.6 is 0 Å². The number of halogens is 3. The highest BCUT2D eigenvalue weighted by atomic mass is 19.4. The number of alkyl halides is 3. The molecule has 134 valence electrons. The Labute approximate surface area is 143 Å². The molecule has 0 amide bonds. The Kier molecular flexibility index (Phi) is 4.34. The van der Waals surface area contributed by atoms with E-state index in [1.165, 1.54) is 11.6 Å². The zero-order valence-electron chi connectivity index (χ0n) is 14.2. The van der Waals surface area contributed by atoms with Gasteiger partial charge in [0.1, 0.15) is 0 Å². The monoisotopic (exact) mass is 352 g/mol. The lowest BCUT2D eigenvalue weighted by atomic mass is 10.1. The van der Waals surface area contributed by atoms with Crippen LogP contribution in [-0.4, -0.2) is 21.9 Å². The molecule has 0 spiro atoms. The van der Waals surface area contributed by atoms with Crippen molar-refractivity contribution in [3.05, 3.63) is 47.3 Å². The van der Waals surface area contributed by atoms with Crippen LogP contribution in [0.3, 0.4) is 0 Å². The Balaban J connectivity index is 1.99. The molecule has 25 heavy (non-hydrogen) atoms. The lowest BCUT2D eigenvalue weighted by molar-refractivity contribution is -0.225. The third-order valence-corrected chi connectivity index (χ3v) is 4.55. The largest absolute Gasteiger partial charge is 0.447 e. The number of aromatic nitrogens is 2. The van der Waals surface area contributed by atoms with E-state index >= 15 is 0 Å². The molecule has 1 aromatic carbocycles.